The minimum absolute atomic E-state index is 0.116. The van der Waals surface area contributed by atoms with Gasteiger partial charge in [-0.2, -0.15) is 0 Å². The van der Waals surface area contributed by atoms with Crippen LogP contribution in [0, 0.1) is 13.8 Å². The zero-order valence-electron chi connectivity index (χ0n) is 12.5. The molecule has 4 nitrogen and oxygen atoms in total. The van der Waals surface area contributed by atoms with E-state index in [-0.39, 0.29) is 16.4 Å². The van der Waals surface area contributed by atoms with Gasteiger partial charge in [-0.1, -0.05) is 17.7 Å². The lowest BCUT2D eigenvalue weighted by molar-refractivity contribution is 0.353. The van der Waals surface area contributed by atoms with Gasteiger partial charge >= 0.3 is 0 Å². The Kier molecular flexibility index (Phi) is 4.53. The maximum absolute atomic E-state index is 12.7. The fourth-order valence-electron chi connectivity index (χ4n) is 2.09. The van der Waals surface area contributed by atoms with Crippen molar-refractivity contribution in [3.8, 4) is 17.2 Å². The smallest absolute Gasteiger partial charge is 0.175 e. The van der Waals surface area contributed by atoms with Gasteiger partial charge in [-0.05, 0) is 26.0 Å². The van der Waals surface area contributed by atoms with Crippen molar-refractivity contribution in [1.29, 1.82) is 0 Å². The van der Waals surface area contributed by atoms with Gasteiger partial charge < -0.3 is 14.6 Å². The van der Waals surface area contributed by atoms with E-state index in [0.29, 0.717) is 16.2 Å². The summed E-state index contributed by atoms with van der Waals surface area (Å²) in [6, 6.07) is 8.91. The molecule has 0 saturated carbocycles. The van der Waals surface area contributed by atoms with Crippen molar-refractivity contribution < 1.29 is 18.8 Å². The Hall–Kier alpha value is -2.01. The monoisotopic (exact) mass is 306 g/mol. The molecule has 0 aliphatic carbocycles. The van der Waals surface area contributed by atoms with Crippen molar-refractivity contribution >= 4 is 10.8 Å². The lowest BCUT2D eigenvalue weighted by Gasteiger charge is -2.15. The van der Waals surface area contributed by atoms with Crippen LogP contribution in [0.1, 0.15) is 11.1 Å². The number of ether oxygens (including phenoxy) is 2. The maximum atomic E-state index is 12.7. The fourth-order valence-corrected chi connectivity index (χ4v) is 3.21. The van der Waals surface area contributed by atoms with Gasteiger partial charge in [0, 0.05) is 16.5 Å². The summed E-state index contributed by atoms with van der Waals surface area (Å²) < 4.78 is 23.1. The molecule has 1 N–H and O–H groups in total. The Morgan fingerprint density at radius 3 is 2.19 bits per heavy atom. The van der Waals surface area contributed by atoms with Crippen molar-refractivity contribution in [3.63, 3.8) is 0 Å². The molecule has 0 aliphatic heterocycles. The van der Waals surface area contributed by atoms with Gasteiger partial charge in [0.1, 0.15) is 5.75 Å². The molecule has 0 saturated heterocycles. The lowest BCUT2D eigenvalue weighted by atomic mass is 10.2. The van der Waals surface area contributed by atoms with Crippen LogP contribution < -0.4 is 9.47 Å². The van der Waals surface area contributed by atoms with Gasteiger partial charge in [0.05, 0.1) is 29.9 Å². The van der Waals surface area contributed by atoms with Gasteiger partial charge in [0.15, 0.2) is 11.5 Å². The van der Waals surface area contributed by atoms with Crippen LogP contribution in [0.25, 0.3) is 0 Å². The van der Waals surface area contributed by atoms with E-state index in [9.17, 15) is 9.32 Å². The lowest BCUT2D eigenvalue weighted by Crippen LogP contribution is -1.99. The van der Waals surface area contributed by atoms with Gasteiger partial charge in [-0.3, -0.25) is 0 Å². The number of aryl methyl sites for hydroxylation is 1. The van der Waals surface area contributed by atoms with Crippen LogP contribution in [-0.4, -0.2) is 23.5 Å². The number of phenols is 1. The highest BCUT2D eigenvalue weighted by molar-refractivity contribution is 7.85. The zero-order chi connectivity index (χ0) is 15.6. The first-order valence-corrected chi connectivity index (χ1v) is 7.57. The average molecular weight is 306 g/mol. The van der Waals surface area contributed by atoms with E-state index < -0.39 is 10.8 Å². The molecule has 5 heteroatoms. The number of benzene rings is 2. The molecular formula is C16H18O4S. The van der Waals surface area contributed by atoms with Crippen LogP contribution in [-0.2, 0) is 10.8 Å². The molecular weight excluding hydrogens is 288 g/mol. The van der Waals surface area contributed by atoms with Crippen molar-refractivity contribution in [3.05, 3.63) is 41.5 Å². The van der Waals surface area contributed by atoms with Crippen LogP contribution in [0.15, 0.2) is 40.1 Å². The normalized spacial score (nSPS) is 12.0. The maximum Gasteiger partial charge on any atom is 0.175 e. The Labute approximate surface area is 126 Å². The van der Waals surface area contributed by atoms with Crippen molar-refractivity contribution in [2.45, 2.75) is 23.6 Å². The van der Waals surface area contributed by atoms with E-state index in [4.69, 9.17) is 9.47 Å². The Morgan fingerprint density at radius 2 is 1.67 bits per heavy atom. The molecule has 0 fully saturated rings. The highest BCUT2D eigenvalue weighted by atomic mass is 32.2. The molecule has 0 heterocycles. The van der Waals surface area contributed by atoms with E-state index in [2.05, 4.69) is 0 Å². The predicted molar refractivity (Wildman–Crippen MR) is 81.8 cm³/mol. The second kappa shape index (κ2) is 6.18. The highest BCUT2D eigenvalue weighted by Gasteiger charge is 2.21. The first-order valence-electron chi connectivity index (χ1n) is 6.42. The number of aromatic hydroxyl groups is 1. The predicted octanol–water partition coefficient (Wildman–Crippen LogP) is 3.19. The minimum atomic E-state index is -1.51. The first-order chi connectivity index (χ1) is 9.99. The molecule has 112 valence electrons. The van der Waals surface area contributed by atoms with Crippen molar-refractivity contribution in [1.82, 2.24) is 0 Å². The molecule has 0 bridgehead atoms. The summed E-state index contributed by atoms with van der Waals surface area (Å²) in [5, 5.41) is 10.3. The first kappa shape index (κ1) is 15.4. The molecule has 2 aromatic rings. The van der Waals surface area contributed by atoms with Crippen molar-refractivity contribution in [2.24, 2.45) is 0 Å². The molecule has 0 unspecified atom stereocenters. The van der Waals surface area contributed by atoms with E-state index in [1.165, 1.54) is 14.2 Å². The SMILES string of the molecule is COc1cc([S@@](=O)c2ccc(C)cc2)c(O)c(OC)c1C. The second-order valence-electron chi connectivity index (χ2n) is 4.67. The molecule has 0 aliphatic rings. The number of phenolic OH excluding ortho intramolecular Hbond substituents is 1. The largest absolute Gasteiger partial charge is 0.503 e. The van der Waals surface area contributed by atoms with E-state index >= 15 is 0 Å². The molecule has 1 atom stereocenters. The second-order valence-corrected chi connectivity index (χ2v) is 6.11. The third kappa shape index (κ3) is 2.88. The number of hydrogen-bond donors (Lipinski definition) is 1. The number of rotatable bonds is 4. The third-order valence-electron chi connectivity index (χ3n) is 3.28. The third-order valence-corrected chi connectivity index (χ3v) is 4.69. The van der Waals surface area contributed by atoms with E-state index in [1.807, 2.05) is 19.1 Å². The summed E-state index contributed by atoms with van der Waals surface area (Å²) in [5.41, 5.74) is 1.75. The Morgan fingerprint density at radius 1 is 1.05 bits per heavy atom. The zero-order valence-corrected chi connectivity index (χ0v) is 13.3. The van der Waals surface area contributed by atoms with Crippen LogP contribution in [0.5, 0.6) is 17.2 Å². The van der Waals surface area contributed by atoms with Crippen molar-refractivity contribution in [2.75, 3.05) is 14.2 Å². The number of hydrogen-bond acceptors (Lipinski definition) is 4. The van der Waals surface area contributed by atoms with Crippen LogP contribution in [0.2, 0.25) is 0 Å². The van der Waals surface area contributed by atoms with Gasteiger partial charge in [-0.15, -0.1) is 0 Å². The average Bonchev–Trinajstić information content (AvgIpc) is 2.48. The molecule has 21 heavy (non-hydrogen) atoms. The molecule has 2 aromatic carbocycles. The summed E-state index contributed by atoms with van der Waals surface area (Å²) in [6.45, 7) is 3.73. The van der Waals surface area contributed by atoms with Gasteiger partial charge in [0.2, 0.25) is 0 Å². The highest BCUT2D eigenvalue weighted by Crippen LogP contribution is 2.41. The minimum Gasteiger partial charge on any atom is -0.503 e. The summed E-state index contributed by atoms with van der Waals surface area (Å²) in [7, 11) is 1.47. The van der Waals surface area contributed by atoms with Crippen LogP contribution in [0.3, 0.4) is 0 Å². The topological polar surface area (TPSA) is 55.8 Å². The number of methoxy groups -OCH3 is 2. The summed E-state index contributed by atoms with van der Waals surface area (Å²) in [6.07, 6.45) is 0. The summed E-state index contributed by atoms with van der Waals surface area (Å²) >= 11 is 0. The molecule has 0 aromatic heterocycles. The summed E-state index contributed by atoms with van der Waals surface area (Å²) in [4.78, 5) is 0.891. The Bertz CT molecular complexity index is 678. The van der Waals surface area contributed by atoms with Gasteiger partial charge in [0.25, 0.3) is 0 Å². The van der Waals surface area contributed by atoms with Gasteiger partial charge in [-0.25, -0.2) is 4.21 Å². The quantitative estimate of drug-likeness (QED) is 0.942. The summed E-state index contributed by atoms with van der Waals surface area (Å²) in [5.74, 6) is 0.694. The van der Waals surface area contributed by atoms with Crippen LogP contribution >= 0.6 is 0 Å². The van der Waals surface area contributed by atoms with Crippen LogP contribution in [0.4, 0.5) is 0 Å². The standard InChI is InChI=1S/C16H18O4S/c1-10-5-7-12(8-6-10)21(18)14-9-13(19-3)11(2)16(20-4)15(14)17/h5-9,17H,1-4H3/t21-/m0/s1. The fraction of sp³-hybridized carbons (Fsp3) is 0.250. The molecule has 2 rings (SSSR count). The molecule has 0 amide bonds. The Balaban J connectivity index is 2.57. The van der Waals surface area contributed by atoms with E-state index in [1.54, 1.807) is 25.1 Å². The molecule has 0 spiro atoms. The van der Waals surface area contributed by atoms with E-state index in [0.717, 1.165) is 5.56 Å². The molecule has 0 radical (unpaired) electrons.